The van der Waals surface area contributed by atoms with Crippen molar-refractivity contribution in [3.05, 3.63) is 84.4 Å². The number of hydrogen-bond acceptors (Lipinski definition) is 1. The molecule has 0 atom stereocenters. The zero-order valence-corrected chi connectivity index (χ0v) is 18.1. The van der Waals surface area contributed by atoms with E-state index in [1.54, 1.807) is 0 Å². The molecule has 128 valence electrons. The van der Waals surface area contributed by atoms with Crippen LogP contribution in [-0.2, 0) is 26.2 Å². The maximum atomic E-state index is 8.25. The number of halogens is 1. The molecule has 4 rings (SSSR count). The van der Waals surface area contributed by atoms with Crippen molar-refractivity contribution in [2.24, 2.45) is 0 Å². The smallest absolute Gasteiger partial charge is 1.00 e. The summed E-state index contributed by atoms with van der Waals surface area (Å²) < 4.78 is 0. The first kappa shape index (κ1) is 23.8. The van der Waals surface area contributed by atoms with E-state index in [0.29, 0.717) is 5.92 Å². The van der Waals surface area contributed by atoms with Gasteiger partial charge in [-0.25, -0.2) is 0 Å². The number of rotatable bonds is 1. The first-order valence-corrected chi connectivity index (χ1v) is 7.91. The Bertz CT molecular complexity index is 782. The second-order valence-corrected chi connectivity index (χ2v) is 5.73. The maximum absolute atomic E-state index is 8.25. The fourth-order valence-corrected chi connectivity index (χ4v) is 2.58. The summed E-state index contributed by atoms with van der Waals surface area (Å²) in [5, 5.41) is 13.6. The summed E-state index contributed by atoms with van der Waals surface area (Å²) in [5.41, 5.74) is 1.44. The van der Waals surface area contributed by atoms with E-state index in [9.17, 15) is 0 Å². The van der Waals surface area contributed by atoms with E-state index in [4.69, 9.17) is 5.11 Å². The van der Waals surface area contributed by atoms with Gasteiger partial charge < -0.3 is 17.5 Å². The average Bonchev–Trinajstić information content (AvgIpc) is 3.24. The summed E-state index contributed by atoms with van der Waals surface area (Å²) in [6.07, 6.45) is 0. The second-order valence-electron chi connectivity index (χ2n) is 5.73. The first-order chi connectivity index (χ1) is 11.2. The molecule has 0 heterocycles. The Morgan fingerprint density at radius 1 is 0.800 bits per heavy atom. The molecule has 0 spiro atoms. The van der Waals surface area contributed by atoms with Crippen LogP contribution in [0.15, 0.2) is 78.9 Å². The molecule has 0 bridgehead atoms. The molecule has 0 saturated carbocycles. The van der Waals surface area contributed by atoms with E-state index in [0.717, 1.165) is 7.11 Å². The number of benzene rings is 2. The van der Waals surface area contributed by atoms with Gasteiger partial charge in [-0.05, 0) is 5.92 Å². The molecule has 4 aromatic rings. The van der Waals surface area contributed by atoms with Crippen LogP contribution in [0.3, 0.4) is 0 Å². The van der Waals surface area contributed by atoms with Gasteiger partial charge in [0.25, 0.3) is 0 Å². The average molecular weight is 430 g/mol. The molecule has 0 aliphatic rings. The molecule has 0 fully saturated rings. The Balaban J connectivity index is 0.000000400. The minimum Gasteiger partial charge on any atom is -1.00 e. The van der Waals surface area contributed by atoms with Gasteiger partial charge in [0.2, 0.25) is 0 Å². The van der Waals surface area contributed by atoms with Crippen molar-refractivity contribution in [1.82, 2.24) is 0 Å². The molecule has 3 heteroatoms. The van der Waals surface area contributed by atoms with Gasteiger partial charge in [0.05, 0.1) is 0 Å². The van der Waals surface area contributed by atoms with Crippen molar-refractivity contribution in [3.8, 4) is 0 Å². The van der Waals surface area contributed by atoms with E-state index < -0.39 is 0 Å². The molecule has 0 aliphatic carbocycles. The fourth-order valence-electron chi connectivity index (χ4n) is 2.58. The molecular weight excluding hydrogens is 407 g/mol. The minimum absolute atomic E-state index is 0. The molecule has 25 heavy (non-hydrogen) atoms. The summed E-state index contributed by atoms with van der Waals surface area (Å²) in [5.74, 6) is 0.636. The van der Waals surface area contributed by atoms with Crippen LogP contribution in [0.2, 0.25) is 0 Å². The fraction of sp³-hybridized carbons (Fsp3) is 0.182. The van der Waals surface area contributed by atoms with Gasteiger partial charge in [-0.2, -0.15) is 30.7 Å². The minimum atomic E-state index is 0. The Morgan fingerprint density at radius 3 is 1.92 bits per heavy atom. The third-order valence-electron chi connectivity index (χ3n) is 3.85. The maximum Gasteiger partial charge on any atom is 4.00 e. The summed E-state index contributed by atoms with van der Waals surface area (Å²) in [7, 11) is 0.750. The van der Waals surface area contributed by atoms with Crippen LogP contribution < -0.4 is 17.5 Å². The molecule has 0 unspecified atom stereocenters. The van der Waals surface area contributed by atoms with Crippen LogP contribution in [0.25, 0.3) is 21.5 Å². The Hall–Kier alpha value is -1.21. The summed E-state index contributed by atoms with van der Waals surface area (Å²) in [6, 6.07) is 27.7. The van der Waals surface area contributed by atoms with Gasteiger partial charge in [0, 0.05) is 0 Å². The molecule has 0 saturated heterocycles. The molecule has 0 N–H and O–H groups in total. The van der Waals surface area contributed by atoms with E-state index >= 15 is 0 Å². The van der Waals surface area contributed by atoms with Crippen molar-refractivity contribution >= 4 is 21.5 Å². The van der Waals surface area contributed by atoms with Crippen LogP contribution >= 0.6 is 0 Å². The van der Waals surface area contributed by atoms with Crippen LogP contribution in [0.4, 0.5) is 0 Å². The predicted molar refractivity (Wildman–Crippen MR) is 99.1 cm³/mol. The van der Waals surface area contributed by atoms with Crippen molar-refractivity contribution in [1.29, 1.82) is 0 Å². The summed E-state index contributed by atoms with van der Waals surface area (Å²) in [4.78, 5) is 0. The van der Waals surface area contributed by atoms with Crippen molar-refractivity contribution in [3.63, 3.8) is 0 Å². The van der Waals surface area contributed by atoms with Crippen LogP contribution in [-0.4, -0.2) is 7.11 Å². The SMILES string of the molecule is CC(C)c1cc2ccccc2[cH-]1.C[O-].[Cl-].[Zr+4].c1ccc2[cH-]ccc2c1. The normalized spacial score (nSPS) is 9.32. The predicted octanol–water partition coefficient (Wildman–Crippen LogP) is 2.22. The summed E-state index contributed by atoms with van der Waals surface area (Å²) in [6.45, 7) is 4.46. The third kappa shape index (κ3) is 6.55. The van der Waals surface area contributed by atoms with Crippen molar-refractivity contribution < 1.29 is 43.7 Å². The molecule has 0 radical (unpaired) electrons. The van der Waals surface area contributed by atoms with Gasteiger partial charge in [-0.15, -0.1) is 70.3 Å². The van der Waals surface area contributed by atoms with Gasteiger partial charge in [-0.1, -0.05) is 26.0 Å². The molecule has 1 nitrogen and oxygen atoms in total. The molecule has 0 aromatic heterocycles. The van der Waals surface area contributed by atoms with Crippen LogP contribution in [0.1, 0.15) is 25.3 Å². The molecular formula is C22H23ClOZr. The van der Waals surface area contributed by atoms with E-state index in [2.05, 4.69) is 92.7 Å². The zero-order valence-electron chi connectivity index (χ0n) is 14.9. The van der Waals surface area contributed by atoms with Crippen LogP contribution in [0, 0.1) is 0 Å². The zero-order chi connectivity index (χ0) is 16.7. The summed E-state index contributed by atoms with van der Waals surface area (Å²) >= 11 is 0. The van der Waals surface area contributed by atoms with Gasteiger partial charge >= 0.3 is 26.2 Å². The van der Waals surface area contributed by atoms with Gasteiger partial charge in [0.1, 0.15) is 0 Å². The second kappa shape index (κ2) is 12.2. The molecule has 0 aliphatic heterocycles. The molecule has 4 aromatic carbocycles. The van der Waals surface area contributed by atoms with Gasteiger partial charge in [0.15, 0.2) is 0 Å². The van der Waals surface area contributed by atoms with Gasteiger partial charge in [-0.3, -0.25) is 0 Å². The number of fused-ring (bicyclic) bond motifs is 2. The van der Waals surface area contributed by atoms with E-state index in [1.807, 2.05) is 0 Å². The standard InChI is InChI=1S/C12H13.C9H7.CH3O.ClH.Zr/c1-9(2)12-7-10-5-3-4-6-11(10)8-12;1-2-5-9-7-3-6-8(9)4-1;1-2;;/h3-9H,1-2H3;1-7H;1H3;1H;/q3*-1;;+4/p-1. The quantitative estimate of drug-likeness (QED) is 0.425. The van der Waals surface area contributed by atoms with Crippen LogP contribution in [0.5, 0.6) is 0 Å². The Labute approximate surface area is 175 Å². The van der Waals surface area contributed by atoms with E-state index in [-0.39, 0.29) is 38.6 Å². The van der Waals surface area contributed by atoms with Crippen molar-refractivity contribution in [2.45, 2.75) is 19.8 Å². The largest absolute Gasteiger partial charge is 4.00 e. The van der Waals surface area contributed by atoms with Crippen molar-refractivity contribution in [2.75, 3.05) is 7.11 Å². The first-order valence-electron chi connectivity index (χ1n) is 7.91. The Morgan fingerprint density at radius 2 is 1.36 bits per heavy atom. The monoisotopic (exact) mass is 428 g/mol. The third-order valence-corrected chi connectivity index (χ3v) is 3.85. The number of hydrogen-bond donors (Lipinski definition) is 0. The Kier molecular flexibility index (Phi) is 11.6. The van der Waals surface area contributed by atoms with E-state index in [1.165, 1.54) is 27.1 Å². The topological polar surface area (TPSA) is 23.1 Å². The molecule has 0 amide bonds.